The summed E-state index contributed by atoms with van der Waals surface area (Å²) in [5, 5.41) is 15.4. The lowest BCUT2D eigenvalue weighted by atomic mass is 10.0. The number of amides is 1. The van der Waals surface area contributed by atoms with Crippen LogP contribution in [0.15, 0.2) is 0 Å². The molecule has 1 amide bonds. The lowest BCUT2D eigenvalue weighted by molar-refractivity contribution is -0.122. The first-order valence-electron chi connectivity index (χ1n) is 5.10. The number of rotatable bonds is 6. The van der Waals surface area contributed by atoms with Crippen molar-refractivity contribution in [1.82, 2.24) is 10.6 Å². The number of carbonyl (C=O) groups excluding carboxylic acids is 1. The zero-order chi connectivity index (χ0) is 11.2. The SMILES string of the molecule is CCCC(C)(O)CNC(C)C(=O)NC. The van der Waals surface area contributed by atoms with Crippen molar-refractivity contribution in [3.63, 3.8) is 0 Å². The highest BCUT2D eigenvalue weighted by Gasteiger charge is 2.21. The molecule has 0 aromatic heterocycles. The van der Waals surface area contributed by atoms with E-state index in [2.05, 4.69) is 10.6 Å². The largest absolute Gasteiger partial charge is 0.389 e. The summed E-state index contributed by atoms with van der Waals surface area (Å²) >= 11 is 0. The van der Waals surface area contributed by atoms with Gasteiger partial charge in [0.25, 0.3) is 0 Å². The normalized spacial score (nSPS) is 17.2. The van der Waals surface area contributed by atoms with Crippen LogP contribution in [0.4, 0.5) is 0 Å². The van der Waals surface area contributed by atoms with Gasteiger partial charge in [-0.3, -0.25) is 4.79 Å². The third-order valence-corrected chi connectivity index (χ3v) is 2.22. The Morgan fingerprint density at radius 2 is 2.14 bits per heavy atom. The van der Waals surface area contributed by atoms with Gasteiger partial charge in [-0.05, 0) is 20.3 Å². The topological polar surface area (TPSA) is 61.4 Å². The fourth-order valence-corrected chi connectivity index (χ4v) is 1.31. The fraction of sp³-hybridized carbons (Fsp3) is 0.900. The van der Waals surface area contributed by atoms with E-state index in [1.165, 1.54) is 0 Å². The summed E-state index contributed by atoms with van der Waals surface area (Å²) in [4.78, 5) is 11.1. The van der Waals surface area contributed by atoms with E-state index in [4.69, 9.17) is 0 Å². The Hall–Kier alpha value is -0.610. The molecule has 4 heteroatoms. The molecule has 14 heavy (non-hydrogen) atoms. The Morgan fingerprint density at radius 3 is 2.57 bits per heavy atom. The molecular formula is C10H22N2O2. The molecule has 0 aromatic rings. The Kier molecular flexibility index (Phi) is 5.72. The second-order valence-electron chi connectivity index (χ2n) is 3.96. The molecule has 0 radical (unpaired) electrons. The van der Waals surface area contributed by atoms with Crippen molar-refractivity contribution >= 4 is 5.91 Å². The molecule has 0 fully saturated rings. The summed E-state index contributed by atoms with van der Waals surface area (Å²) in [5.41, 5.74) is -0.725. The predicted molar refractivity (Wildman–Crippen MR) is 57.1 cm³/mol. The molecule has 0 saturated carbocycles. The van der Waals surface area contributed by atoms with Crippen LogP contribution in [0.2, 0.25) is 0 Å². The second-order valence-corrected chi connectivity index (χ2v) is 3.96. The van der Waals surface area contributed by atoms with Crippen molar-refractivity contribution in [2.75, 3.05) is 13.6 Å². The van der Waals surface area contributed by atoms with Crippen molar-refractivity contribution < 1.29 is 9.90 Å². The first-order valence-corrected chi connectivity index (χ1v) is 5.10. The molecule has 84 valence electrons. The molecule has 3 N–H and O–H groups in total. The molecule has 0 saturated heterocycles. The maximum Gasteiger partial charge on any atom is 0.236 e. The van der Waals surface area contributed by atoms with Gasteiger partial charge < -0.3 is 15.7 Å². The third-order valence-electron chi connectivity index (χ3n) is 2.22. The second kappa shape index (κ2) is 5.98. The zero-order valence-electron chi connectivity index (χ0n) is 9.55. The predicted octanol–water partition coefficient (Wildman–Crippen LogP) is 0.262. The van der Waals surface area contributed by atoms with Crippen molar-refractivity contribution in [2.24, 2.45) is 0 Å². The Morgan fingerprint density at radius 1 is 1.57 bits per heavy atom. The quantitative estimate of drug-likeness (QED) is 0.579. The highest BCUT2D eigenvalue weighted by Crippen LogP contribution is 2.10. The van der Waals surface area contributed by atoms with Crippen LogP contribution in [0.5, 0.6) is 0 Å². The maximum atomic E-state index is 11.1. The molecule has 0 aliphatic carbocycles. The van der Waals surface area contributed by atoms with E-state index >= 15 is 0 Å². The summed E-state index contributed by atoms with van der Waals surface area (Å²) in [6, 6.07) is -0.261. The Bertz CT molecular complexity index is 181. The molecule has 0 aromatic carbocycles. The van der Waals surface area contributed by atoms with E-state index in [0.717, 1.165) is 12.8 Å². The molecule has 2 unspecified atom stereocenters. The van der Waals surface area contributed by atoms with Gasteiger partial charge in [0.2, 0.25) is 5.91 Å². The van der Waals surface area contributed by atoms with Crippen LogP contribution < -0.4 is 10.6 Å². The van der Waals surface area contributed by atoms with Gasteiger partial charge in [0, 0.05) is 13.6 Å². The van der Waals surface area contributed by atoms with Crippen LogP contribution in [0, 0.1) is 0 Å². The standard InChI is InChI=1S/C10H22N2O2/c1-5-6-10(3,14)7-12-8(2)9(13)11-4/h8,12,14H,5-7H2,1-4H3,(H,11,13). The molecule has 0 aliphatic rings. The van der Waals surface area contributed by atoms with E-state index in [1.807, 2.05) is 6.92 Å². The van der Waals surface area contributed by atoms with Crippen molar-refractivity contribution in [3.05, 3.63) is 0 Å². The van der Waals surface area contributed by atoms with E-state index in [1.54, 1.807) is 20.9 Å². The summed E-state index contributed by atoms with van der Waals surface area (Å²) < 4.78 is 0. The number of aliphatic hydroxyl groups is 1. The summed E-state index contributed by atoms with van der Waals surface area (Å²) in [7, 11) is 1.60. The Balaban J connectivity index is 3.86. The zero-order valence-corrected chi connectivity index (χ0v) is 9.55. The van der Waals surface area contributed by atoms with Gasteiger partial charge in [-0.25, -0.2) is 0 Å². The highest BCUT2D eigenvalue weighted by atomic mass is 16.3. The molecule has 0 rings (SSSR count). The van der Waals surface area contributed by atoms with Crippen LogP contribution in [0.3, 0.4) is 0 Å². The van der Waals surface area contributed by atoms with Gasteiger partial charge >= 0.3 is 0 Å². The molecule has 0 aliphatic heterocycles. The minimum absolute atomic E-state index is 0.0581. The van der Waals surface area contributed by atoms with E-state index in [0.29, 0.717) is 6.54 Å². The minimum Gasteiger partial charge on any atom is -0.389 e. The number of nitrogens with one attached hydrogen (secondary N) is 2. The number of carbonyl (C=O) groups is 1. The summed E-state index contributed by atoms with van der Waals surface area (Å²) in [5.74, 6) is -0.0581. The van der Waals surface area contributed by atoms with E-state index in [-0.39, 0.29) is 11.9 Å². The third kappa shape index (κ3) is 5.19. The van der Waals surface area contributed by atoms with E-state index < -0.39 is 5.60 Å². The van der Waals surface area contributed by atoms with Crippen LogP contribution >= 0.6 is 0 Å². The van der Waals surface area contributed by atoms with Gasteiger partial charge in [0.1, 0.15) is 0 Å². The summed E-state index contributed by atoms with van der Waals surface area (Å²) in [6.45, 7) is 6.02. The van der Waals surface area contributed by atoms with Crippen LogP contribution in [-0.2, 0) is 4.79 Å². The lowest BCUT2D eigenvalue weighted by Gasteiger charge is -2.24. The lowest BCUT2D eigenvalue weighted by Crippen LogP contribution is -2.47. The number of hydrogen-bond donors (Lipinski definition) is 3. The van der Waals surface area contributed by atoms with Gasteiger partial charge in [-0.15, -0.1) is 0 Å². The van der Waals surface area contributed by atoms with Crippen molar-refractivity contribution in [2.45, 2.75) is 45.3 Å². The molecule has 0 heterocycles. The smallest absolute Gasteiger partial charge is 0.236 e. The van der Waals surface area contributed by atoms with Crippen LogP contribution in [0.25, 0.3) is 0 Å². The number of likely N-dealkylation sites (N-methyl/N-ethyl adjacent to an activating group) is 1. The van der Waals surface area contributed by atoms with Gasteiger partial charge in [-0.1, -0.05) is 13.3 Å². The first-order chi connectivity index (χ1) is 6.43. The average molecular weight is 202 g/mol. The van der Waals surface area contributed by atoms with Crippen molar-refractivity contribution in [1.29, 1.82) is 0 Å². The molecule has 2 atom stereocenters. The number of hydrogen-bond acceptors (Lipinski definition) is 3. The fourth-order valence-electron chi connectivity index (χ4n) is 1.31. The Labute approximate surface area is 86.1 Å². The van der Waals surface area contributed by atoms with Gasteiger partial charge in [0.05, 0.1) is 11.6 Å². The molecule has 0 spiro atoms. The van der Waals surface area contributed by atoms with Crippen LogP contribution in [-0.4, -0.2) is 36.2 Å². The van der Waals surface area contributed by atoms with Gasteiger partial charge in [0.15, 0.2) is 0 Å². The van der Waals surface area contributed by atoms with Crippen LogP contribution in [0.1, 0.15) is 33.6 Å². The molecule has 0 bridgehead atoms. The van der Waals surface area contributed by atoms with Crippen molar-refractivity contribution in [3.8, 4) is 0 Å². The van der Waals surface area contributed by atoms with Gasteiger partial charge in [-0.2, -0.15) is 0 Å². The first kappa shape index (κ1) is 13.4. The maximum absolute atomic E-state index is 11.1. The highest BCUT2D eigenvalue weighted by molar-refractivity contribution is 5.80. The molecule has 4 nitrogen and oxygen atoms in total. The monoisotopic (exact) mass is 202 g/mol. The molecular weight excluding hydrogens is 180 g/mol. The van der Waals surface area contributed by atoms with E-state index in [9.17, 15) is 9.90 Å². The summed E-state index contributed by atoms with van der Waals surface area (Å²) in [6.07, 6.45) is 1.67. The average Bonchev–Trinajstić information content (AvgIpc) is 2.13. The minimum atomic E-state index is -0.725.